The van der Waals surface area contributed by atoms with Crippen molar-refractivity contribution in [1.82, 2.24) is 19.8 Å². The van der Waals surface area contributed by atoms with Gasteiger partial charge in [-0.05, 0) is 57.3 Å². The van der Waals surface area contributed by atoms with E-state index in [9.17, 15) is 9.90 Å². The van der Waals surface area contributed by atoms with E-state index in [-0.39, 0.29) is 12.5 Å². The Morgan fingerprint density at radius 1 is 1.21 bits per heavy atom. The number of pyridine rings is 2. The fourth-order valence-corrected chi connectivity index (χ4v) is 4.50. The molecule has 1 aliphatic rings. The van der Waals surface area contributed by atoms with Crippen LogP contribution in [0.15, 0.2) is 55.0 Å². The van der Waals surface area contributed by atoms with Crippen LogP contribution in [0.5, 0.6) is 5.75 Å². The van der Waals surface area contributed by atoms with E-state index in [0.717, 1.165) is 36.1 Å². The zero-order valence-corrected chi connectivity index (χ0v) is 20.1. The van der Waals surface area contributed by atoms with Crippen molar-refractivity contribution in [3.05, 3.63) is 60.6 Å². The number of fused-ring (bicyclic) bond motifs is 1. The summed E-state index contributed by atoms with van der Waals surface area (Å²) < 4.78 is 5.78. The first-order valence-electron chi connectivity index (χ1n) is 11.6. The summed E-state index contributed by atoms with van der Waals surface area (Å²) in [6, 6.07) is 11.1. The Bertz CT molecular complexity index is 1130. The Kier molecular flexibility index (Phi) is 7.29. The van der Waals surface area contributed by atoms with Gasteiger partial charge in [-0.15, -0.1) is 0 Å². The lowest BCUT2D eigenvalue weighted by Gasteiger charge is -2.42. The number of β-amino-alcohol motifs (C(OH)–C–C–N with tert-alkyl or cyclic N) is 1. The molecule has 1 aliphatic heterocycles. The topological polar surface area (TPSA) is 82.0 Å². The molecule has 3 aromatic rings. The van der Waals surface area contributed by atoms with E-state index in [0.29, 0.717) is 30.9 Å². The molecule has 0 spiro atoms. The van der Waals surface area contributed by atoms with Crippen molar-refractivity contribution in [2.24, 2.45) is 0 Å². The molecule has 0 aliphatic carbocycles. The van der Waals surface area contributed by atoms with Gasteiger partial charge in [0, 0.05) is 61.9 Å². The number of benzene rings is 1. The summed E-state index contributed by atoms with van der Waals surface area (Å²) in [5, 5.41) is 12.4. The van der Waals surface area contributed by atoms with Gasteiger partial charge in [0.25, 0.3) is 5.91 Å². The first kappa shape index (κ1) is 23.9. The Morgan fingerprint density at radius 2 is 2.06 bits per heavy atom. The van der Waals surface area contributed by atoms with Gasteiger partial charge in [-0.1, -0.05) is 6.07 Å². The number of piperidine rings is 1. The van der Waals surface area contributed by atoms with Crippen LogP contribution in [0.4, 0.5) is 5.69 Å². The lowest BCUT2D eigenvalue weighted by Crippen LogP contribution is -2.54. The molecule has 2 aromatic heterocycles. The molecule has 0 saturated carbocycles. The van der Waals surface area contributed by atoms with Crippen LogP contribution in [-0.2, 0) is 0 Å². The molecule has 180 valence electrons. The molecular formula is C26H33N5O3. The molecular weight excluding hydrogens is 430 g/mol. The number of hydrogen-bond acceptors (Lipinski definition) is 7. The Morgan fingerprint density at radius 3 is 2.88 bits per heavy atom. The molecule has 1 amide bonds. The van der Waals surface area contributed by atoms with Crippen LogP contribution in [0.2, 0.25) is 0 Å². The van der Waals surface area contributed by atoms with Gasteiger partial charge >= 0.3 is 0 Å². The van der Waals surface area contributed by atoms with Gasteiger partial charge in [0.1, 0.15) is 12.4 Å². The van der Waals surface area contributed by atoms with E-state index in [1.807, 2.05) is 49.5 Å². The molecule has 8 nitrogen and oxygen atoms in total. The summed E-state index contributed by atoms with van der Waals surface area (Å²) >= 11 is 0. The van der Waals surface area contributed by atoms with Crippen LogP contribution in [-0.4, -0.2) is 90.3 Å². The van der Waals surface area contributed by atoms with Crippen molar-refractivity contribution in [3.63, 3.8) is 0 Å². The smallest absolute Gasteiger partial charge is 0.253 e. The monoisotopic (exact) mass is 463 g/mol. The summed E-state index contributed by atoms with van der Waals surface area (Å²) in [5.74, 6) is 0.531. The number of hydrogen-bond donors (Lipinski definition) is 1. The van der Waals surface area contributed by atoms with Gasteiger partial charge in [0.2, 0.25) is 0 Å². The number of carbonyl (C=O) groups excluding carboxylic acids is 1. The standard InChI is InChI=1S/C26H33N5O3/c1-29(2)14-15-34-21-7-4-6-20(16-21)25(32)30(3)18-26(33)10-5-13-31(19-26)24-9-12-28-23-8-11-27-17-22(23)24/h4,6-9,11-12,16-17,33H,5,10,13-15,18-19H2,1-3H3. The summed E-state index contributed by atoms with van der Waals surface area (Å²) in [6.45, 7) is 2.86. The first-order valence-corrected chi connectivity index (χ1v) is 11.6. The number of anilines is 1. The third-order valence-corrected chi connectivity index (χ3v) is 6.18. The van der Waals surface area contributed by atoms with Crippen molar-refractivity contribution >= 4 is 22.5 Å². The minimum absolute atomic E-state index is 0.137. The highest BCUT2D eigenvalue weighted by Gasteiger charge is 2.36. The minimum atomic E-state index is -1.01. The molecule has 4 rings (SSSR count). The third kappa shape index (κ3) is 5.63. The number of rotatable bonds is 8. The van der Waals surface area contributed by atoms with Gasteiger partial charge < -0.3 is 24.5 Å². The Hall–Kier alpha value is -3.23. The lowest BCUT2D eigenvalue weighted by molar-refractivity contribution is 0.0000626. The molecule has 0 bridgehead atoms. The second-order valence-electron chi connectivity index (χ2n) is 9.31. The molecule has 1 unspecified atom stereocenters. The lowest BCUT2D eigenvalue weighted by atomic mass is 9.91. The van der Waals surface area contributed by atoms with Crippen LogP contribution in [0.3, 0.4) is 0 Å². The summed E-state index contributed by atoms with van der Waals surface area (Å²) in [6.07, 6.45) is 6.80. The van der Waals surface area contributed by atoms with Gasteiger partial charge in [0.15, 0.2) is 0 Å². The average Bonchev–Trinajstić information content (AvgIpc) is 2.83. The van der Waals surface area contributed by atoms with E-state index in [2.05, 4.69) is 14.9 Å². The van der Waals surface area contributed by atoms with Crippen molar-refractivity contribution < 1.29 is 14.6 Å². The molecule has 1 saturated heterocycles. The third-order valence-electron chi connectivity index (χ3n) is 6.18. The fourth-order valence-electron chi connectivity index (χ4n) is 4.50. The van der Waals surface area contributed by atoms with Crippen LogP contribution in [0.1, 0.15) is 23.2 Å². The maximum atomic E-state index is 13.1. The van der Waals surface area contributed by atoms with Gasteiger partial charge in [0.05, 0.1) is 17.7 Å². The van der Waals surface area contributed by atoms with Crippen LogP contribution >= 0.6 is 0 Å². The average molecular weight is 464 g/mol. The maximum absolute atomic E-state index is 13.1. The van der Waals surface area contributed by atoms with E-state index < -0.39 is 5.60 Å². The highest BCUT2D eigenvalue weighted by Crippen LogP contribution is 2.31. The number of nitrogens with zero attached hydrogens (tertiary/aromatic N) is 5. The number of likely N-dealkylation sites (N-methyl/N-ethyl adjacent to an activating group) is 2. The highest BCUT2D eigenvalue weighted by atomic mass is 16.5. The fraction of sp³-hybridized carbons (Fsp3) is 0.423. The number of aliphatic hydroxyl groups is 1. The highest BCUT2D eigenvalue weighted by molar-refractivity contribution is 5.94. The SMILES string of the molecule is CN(C)CCOc1cccc(C(=O)N(C)CC2(O)CCCN(c3ccnc4ccncc34)C2)c1. The summed E-state index contributed by atoms with van der Waals surface area (Å²) in [4.78, 5) is 27.6. The second kappa shape index (κ2) is 10.4. The zero-order chi connectivity index (χ0) is 24.1. The Balaban J connectivity index is 1.44. The van der Waals surface area contributed by atoms with Crippen LogP contribution in [0, 0.1) is 0 Å². The molecule has 1 atom stereocenters. The number of ether oxygens (including phenoxy) is 1. The van der Waals surface area contributed by atoms with E-state index >= 15 is 0 Å². The largest absolute Gasteiger partial charge is 0.492 e. The van der Waals surface area contributed by atoms with Crippen LogP contribution in [0.25, 0.3) is 10.9 Å². The molecule has 8 heteroatoms. The quantitative estimate of drug-likeness (QED) is 0.550. The van der Waals surface area contributed by atoms with E-state index in [1.165, 1.54) is 0 Å². The molecule has 0 radical (unpaired) electrons. The Labute approximate surface area is 200 Å². The van der Waals surface area contributed by atoms with Crippen LogP contribution < -0.4 is 9.64 Å². The summed E-state index contributed by atoms with van der Waals surface area (Å²) in [7, 11) is 5.72. The van der Waals surface area contributed by atoms with Crippen molar-refractivity contribution in [1.29, 1.82) is 0 Å². The van der Waals surface area contributed by atoms with Gasteiger partial charge in [-0.25, -0.2) is 0 Å². The summed E-state index contributed by atoms with van der Waals surface area (Å²) in [5.41, 5.74) is 1.42. The van der Waals surface area contributed by atoms with Gasteiger partial charge in [-0.3, -0.25) is 14.8 Å². The predicted octanol–water partition coefficient (Wildman–Crippen LogP) is 2.67. The molecule has 3 heterocycles. The van der Waals surface area contributed by atoms with Gasteiger partial charge in [-0.2, -0.15) is 0 Å². The molecule has 1 N–H and O–H groups in total. The maximum Gasteiger partial charge on any atom is 0.253 e. The molecule has 1 aromatic carbocycles. The van der Waals surface area contributed by atoms with E-state index in [1.54, 1.807) is 36.5 Å². The van der Waals surface area contributed by atoms with Crippen molar-refractivity contribution in [3.8, 4) is 5.75 Å². The van der Waals surface area contributed by atoms with Crippen molar-refractivity contribution in [2.75, 3.05) is 58.8 Å². The predicted molar refractivity (Wildman–Crippen MR) is 133 cm³/mol. The molecule has 34 heavy (non-hydrogen) atoms. The van der Waals surface area contributed by atoms with Crippen molar-refractivity contribution in [2.45, 2.75) is 18.4 Å². The minimum Gasteiger partial charge on any atom is -0.492 e. The number of amides is 1. The normalized spacial score (nSPS) is 18.3. The first-order chi connectivity index (χ1) is 16.3. The number of carbonyl (C=O) groups is 1. The number of aromatic nitrogens is 2. The molecule has 1 fully saturated rings. The zero-order valence-electron chi connectivity index (χ0n) is 20.1. The van der Waals surface area contributed by atoms with E-state index in [4.69, 9.17) is 4.74 Å². The second-order valence-corrected chi connectivity index (χ2v) is 9.31.